The first-order chi connectivity index (χ1) is 7.11. The van der Waals surface area contributed by atoms with Crippen LogP contribution in [0.4, 0.5) is 0 Å². The Bertz CT molecular complexity index is 365. The van der Waals surface area contributed by atoms with Crippen LogP contribution in [-0.4, -0.2) is 44.7 Å². The van der Waals surface area contributed by atoms with Gasteiger partial charge in [-0.3, -0.25) is 0 Å². The molecule has 3 heterocycles. The third-order valence-electron chi connectivity index (χ3n) is 3.24. The molecule has 15 heavy (non-hydrogen) atoms. The molecular formula is C9H15N3O2S. The Morgan fingerprint density at radius 2 is 2.07 bits per heavy atom. The monoisotopic (exact) mass is 229 g/mol. The van der Waals surface area contributed by atoms with Gasteiger partial charge in [0.15, 0.2) is 5.75 Å². The first-order valence-electron chi connectivity index (χ1n) is 5.20. The molecule has 1 unspecified atom stereocenters. The van der Waals surface area contributed by atoms with Crippen molar-refractivity contribution in [3.63, 3.8) is 0 Å². The van der Waals surface area contributed by atoms with Crippen LogP contribution in [0.25, 0.3) is 0 Å². The van der Waals surface area contributed by atoms with E-state index in [0.717, 1.165) is 32.5 Å². The minimum absolute atomic E-state index is 0.0193. The normalized spacial score (nSPS) is 35.0. The highest BCUT2D eigenvalue weighted by Crippen LogP contribution is 2.27. The molecule has 1 atom stereocenters. The van der Waals surface area contributed by atoms with Gasteiger partial charge in [-0.25, -0.2) is 13.1 Å². The Labute approximate surface area is 90.1 Å². The predicted molar refractivity (Wildman–Crippen MR) is 55.5 cm³/mol. The maximum atomic E-state index is 11.4. The molecular weight excluding hydrogens is 214 g/mol. The Balaban J connectivity index is 1.99. The van der Waals surface area contributed by atoms with E-state index in [1.807, 2.05) is 0 Å². The van der Waals surface area contributed by atoms with Crippen molar-refractivity contribution in [2.24, 2.45) is 5.92 Å². The largest absolute Gasteiger partial charge is 0.302 e. The van der Waals surface area contributed by atoms with E-state index >= 15 is 0 Å². The molecule has 0 aliphatic carbocycles. The number of rotatable bonds is 3. The summed E-state index contributed by atoms with van der Waals surface area (Å²) in [6.07, 6.45) is 2.14. The number of hydrogen-bond donors (Lipinski definition) is 1. The number of nitrogens with zero attached hydrogens (tertiary/aromatic N) is 2. The summed E-state index contributed by atoms with van der Waals surface area (Å²) in [6, 6.07) is 1.70. The third kappa shape index (κ3) is 2.48. The van der Waals surface area contributed by atoms with E-state index in [-0.39, 0.29) is 6.04 Å². The first-order valence-corrected chi connectivity index (χ1v) is 6.85. The quantitative estimate of drug-likeness (QED) is 0.709. The molecule has 0 aromatic rings. The summed E-state index contributed by atoms with van der Waals surface area (Å²) in [5.74, 6) is 0.0272. The molecule has 3 aliphatic heterocycles. The smallest absolute Gasteiger partial charge is 0.225 e. The van der Waals surface area contributed by atoms with E-state index in [9.17, 15) is 8.42 Å². The molecule has 0 spiro atoms. The Morgan fingerprint density at radius 3 is 2.53 bits per heavy atom. The molecule has 5 nitrogen and oxygen atoms in total. The van der Waals surface area contributed by atoms with Crippen LogP contribution in [-0.2, 0) is 10.0 Å². The maximum absolute atomic E-state index is 11.4. The Kier molecular flexibility index (Phi) is 2.96. The molecule has 6 heteroatoms. The second-order valence-electron chi connectivity index (χ2n) is 4.28. The molecule has 84 valence electrons. The summed E-state index contributed by atoms with van der Waals surface area (Å²) in [6.45, 7) is 2.97. The third-order valence-corrected chi connectivity index (χ3v) is 4.41. The van der Waals surface area contributed by atoms with E-state index in [2.05, 4.69) is 9.62 Å². The Morgan fingerprint density at radius 1 is 1.40 bits per heavy atom. The average Bonchev–Trinajstić information content (AvgIpc) is 2.18. The van der Waals surface area contributed by atoms with Gasteiger partial charge < -0.3 is 4.90 Å². The summed E-state index contributed by atoms with van der Waals surface area (Å²) in [5, 5.41) is 8.38. The van der Waals surface area contributed by atoms with E-state index in [1.165, 1.54) is 0 Å². The molecule has 0 saturated carbocycles. The molecule has 0 aromatic heterocycles. The van der Waals surface area contributed by atoms with Gasteiger partial charge in [0.05, 0.1) is 6.07 Å². The molecule has 2 bridgehead atoms. The standard InChI is InChI=1S/C9H15N3O2S/c10-3-6-15(13,14)11-9-7-12-4-1-8(9)2-5-12/h8-9,11H,1-2,4-7H2. The van der Waals surface area contributed by atoms with Crippen LogP contribution in [0, 0.1) is 17.2 Å². The molecule has 3 saturated heterocycles. The minimum Gasteiger partial charge on any atom is -0.302 e. The zero-order valence-corrected chi connectivity index (χ0v) is 9.33. The van der Waals surface area contributed by atoms with Gasteiger partial charge in [0.25, 0.3) is 0 Å². The number of hydrogen-bond acceptors (Lipinski definition) is 4. The van der Waals surface area contributed by atoms with E-state index in [0.29, 0.717) is 5.92 Å². The zero-order chi connectivity index (χ0) is 10.9. The van der Waals surface area contributed by atoms with Gasteiger partial charge in [-0.2, -0.15) is 5.26 Å². The lowest BCUT2D eigenvalue weighted by Crippen LogP contribution is -2.57. The van der Waals surface area contributed by atoms with E-state index < -0.39 is 15.8 Å². The Hall–Kier alpha value is -0.640. The zero-order valence-electron chi connectivity index (χ0n) is 8.52. The van der Waals surface area contributed by atoms with E-state index in [4.69, 9.17) is 5.26 Å². The van der Waals surface area contributed by atoms with Gasteiger partial charge in [-0.15, -0.1) is 0 Å². The van der Waals surface area contributed by atoms with Crippen LogP contribution in [0.3, 0.4) is 0 Å². The van der Waals surface area contributed by atoms with Crippen LogP contribution < -0.4 is 4.72 Å². The highest BCUT2D eigenvalue weighted by atomic mass is 32.2. The van der Waals surface area contributed by atoms with Gasteiger partial charge in [-0.05, 0) is 31.8 Å². The number of piperidine rings is 3. The first kappa shape index (κ1) is 10.9. The SMILES string of the molecule is N#CCS(=O)(=O)NC1CN2CCC1CC2. The fraction of sp³-hybridized carbons (Fsp3) is 0.889. The lowest BCUT2D eigenvalue weighted by molar-refractivity contribution is 0.0827. The molecule has 3 rings (SSSR count). The molecule has 1 N–H and O–H groups in total. The van der Waals surface area contributed by atoms with Crippen LogP contribution in [0.2, 0.25) is 0 Å². The molecule has 0 aromatic carbocycles. The fourth-order valence-electron chi connectivity index (χ4n) is 2.46. The van der Waals surface area contributed by atoms with Crippen LogP contribution in [0.15, 0.2) is 0 Å². The number of nitriles is 1. The van der Waals surface area contributed by atoms with Crippen molar-refractivity contribution < 1.29 is 8.42 Å². The number of fused-ring (bicyclic) bond motifs is 3. The van der Waals surface area contributed by atoms with Crippen molar-refractivity contribution in [1.29, 1.82) is 5.26 Å². The number of sulfonamides is 1. The van der Waals surface area contributed by atoms with Crippen molar-refractivity contribution in [1.82, 2.24) is 9.62 Å². The molecule has 3 fully saturated rings. The van der Waals surface area contributed by atoms with Gasteiger partial charge >= 0.3 is 0 Å². The molecule has 3 aliphatic rings. The predicted octanol–water partition coefficient (Wildman–Crippen LogP) is -0.476. The molecule has 0 radical (unpaired) electrons. The summed E-state index contributed by atoms with van der Waals surface area (Å²) < 4.78 is 25.5. The summed E-state index contributed by atoms with van der Waals surface area (Å²) in [7, 11) is -3.39. The van der Waals surface area contributed by atoms with Gasteiger partial charge in [0.2, 0.25) is 10.0 Å². The molecule has 0 amide bonds. The lowest BCUT2D eigenvalue weighted by atomic mass is 9.85. The van der Waals surface area contributed by atoms with Crippen molar-refractivity contribution in [2.75, 3.05) is 25.4 Å². The van der Waals surface area contributed by atoms with Crippen molar-refractivity contribution in [3.8, 4) is 6.07 Å². The van der Waals surface area contributed by atoms with Gasteiger partial charge in [0.1, 0.15) is 0 Å². The minimum atomic E-state index is -3.39. The van der Waals surface area contributed by atoms with Crippen LogP contribution in [0.1, 0.15) is 12.8 Å². The summed E-state index contributed by atoms with van der Waals surface area (Å²) in [5.41, 5.74) is 0. The van der Waals surface area contributed by atoms with Crippen LogP contribution in [0.5, 0.6) is 0 Å². The lowest BCUT2D eigenvalue weighted by Gasteiger charge is -2.44. The average molecular weight is 229 g/mol. The second kappa shape index (κ2) is 4.08. The van der Waals surface area contributed by atoms with Crippen molar-refractivity contribution >= 4 is 10.0 Å². The second-order valence-corrected chi connectivity index (χ2v) is 6.03. The van der Waals surface area contributed by atoms with Crippen LogP contribution >= 0.6 is 0 Å². The topological polar surface area (TPSA) is 73.2 Å². The van der Waals surface area contributed by atoms with Crippen molar-refractivity contribution in [3.05, 3.63) is 0 Å². The van der Waals surface area contributed by atoms with Gasteiger partial charge in [0, 0.05) is 12.6 Å². The van der Waals surface area contributed by atoms with E-state index in [1.54, 1.807) is 6.07 Å². The maximum Gasteiger partial charge on any atom is 0.225 e. The number of nitrogens with one attached hydrogen (secondary N) is 1. The highest BCUT2D eigenvalue weighted by Gasteiger charge is 2.35. The summed E-state index contributed by atoms with van der Waals surface area (Å²) >= 11 is 0. The van der Waals surface area contributed by atoms with Gasteiger partial charge in [-0.1, -0.05) is 0 Å². The fourth-order valence-corrected chi connectivity index (χ4v) is 3.44. The van der Waals surface area contributed by atoms with Crippen molar-refractivity contribution in [2.45, 2.75) is 18.9 Å². The summed E-state index contributed by atoms with van der Waals surface area (Å²) in [4.78, 5) is 2.28. The highest BCUT2D eigenvalue weighted by molar-refractivity contribution is 7.89.